The molecular formula is C12H22N4O7S. The van der Waals surface area contributed by atoms with E-state index in [2.05, 4.69) is 28.6 Å². The topological polar surface area (TPSA) is 191 Å². The molecule has 0 aromatic carbocycles. The molecule has 0 heterocycles. The van der Waals surface area contributed by atoms with Crippen LogP contribution in [0.5, 0.6) is 0 Å². The summed E-state index contributed by atoms with van der Waals surface area (Å²) in [5, 5.41) is 33.3. The number of carbonyl (C=O) groups is 4. The molecule has 0 aliphatic rings. The van der Waals surface area contributed by atoms with Crippen LogP contribution in [0.4, 0.5) is 0 Å². The first-order chi connectivity index (χ1) is 11.1. The fourth-order valence-corrected chi connectivity index (χ4v) is 1.72. The summed E-state index contributed by atoms with van der Waals surface area (Å²) >= 11 is 3.89. The van der Waals surface area contributed by atoms with Gasteiger partial charge in [-0.2, -0.15) is 12.6 Å². The molecule has 4 unspecified atom stereocenters. The quantitative estimate of drug-likeness (QED) is 0.178. The Morgan fingerprint density at radius 3 is 2.17 bits per heavy atom. The first-order valence-corrected chi connectivity index (χ1v) is 7.52. The van der Waals surface area contributed by atoms with Crippen LogP contribution in [0, 0.1) is 0 Å². The molecule has 0 aliphatic carbocycles. The lowest BCUT2D eigenvalue weighted by molar-refractivity contribution is -0.145. The fourth-order valence-electron chi connectivity index (χ4n) is 1.46. The minimum atomic E-state index is -1.54. The molecule has 0 fully saturated rings. The van der Waals surface area contributed by atoms with E-state index in [1.54, 1.807) is 0 Å². The Hall–Kier alpha value is -1.89. The molecule has 0 saturated carbocycles. The molecule has 4 atom stereocenters. The van der Waals surface area contributed by atoms with Gasteiger partial charge in [0.1, 0.15) is 12.1 Å². The molecule has 0 rings (SSSR count). The second-order valence-corrected chi connectivity index (χ2v) is 5.24. The number of aliphatic carboxylic acids is 1. The van der Waals surface area contributed by atoms with Gasteiger partial charge in [0.25, 0.3) is 0 Å². The minimum Gasteiger partial charge on any atom is -0.480 e. The largest absolute Gasteiger partial charge is 0.480 e. The Bertz CT molecular complexity index is 474. The van der Waals surface area contributed by atoms with Gasteiger partial charge in [0.2, 0.25) is 17.7 Å². The second-order valence-electron chi connectivity index (χ2n) is 4.87. The van der Waals surface area contributed by atoms with Crippen LogP contribution < -0.4 is 21.7 Å². The predicted octanol–water partition coefficient (Wildman–Crippen LogP) is -4.21. The Balaban J connectivity index is 4.58. The number of amides is 3. The highest BCUT2D eigenvalue weighted by Crippen LogP contribution is 1.96. The summed E-state index contributed by atoms with van der Waals surface area (Å²) in [6.45, 7) is 0.0984. The zero-order valence-electron chi connectivity index (χ0n) is 12.9. The van der Waals surface area contributed by atoms with Crippen LogP contribution in [0.15, 0.2) is 0 Å². The molecule has 3 amide bonds. The maximum absolute atomic E-state index is 11.9. The van der Waals surface area contributed by atoms with Gasteiger partial charge in [0, 0.05) is 5.75 Å². The molecule has 0 bridgehead atoms. The maximum Gasteiger partial charge on any atom is 0.328 e. The highest BCUT2D eigenvalue weighted by atomic mass is 32.1. The van der Waals surface area contributed by atoms with Crippen LogP contribution in [-0.4, -0.2) is 82.1 Å². The van der Waals surface area contributed by atoms with Crippen molar-refractivity contribution in [3.63, 3.8) is 0 Å². The first-order valence-electron chi connectivity index (χ1n) is 6.89. The van der Waals surface area contributed by atoms with Gasteiger partial charge in [-0.15, -0.1) is 0 Å². The van der Waals surface area contributed by atoms with E-state index < -0.39 is 61.1 Å². The molecule has 24 heavy (non-hydrogen) atoms. The van der Waals surface area contributed by atoms with Crippen molar-refractivity contribution in [2.24, 2.45) is 5.73 Å². The Morgan fingerprint density at radius 1 is 1.17 bits per heavy atom. The summed E-state index contributed by atoms with van der Waals surface area (Å²) in [5.41, 5.74) is 5.24. The lowest BCUT2D eigenvalue weighted by Gasteiger charge is -2.21. The first kappa shape index (κ1) is 22.1. The van der Waals surface area contributed by atoms with Crippen molar-refractivity contribution in [2.45, 2.75) is 31.2 Å². The molecule has 138 valence electrons. The van der Waals surface area contributed by atoms with Crippen LogP contribution in [0.3, 0.4) is 0 Å². The number of nitrogens with one attached hydrogen (secondary N) is 3. The second kappa shape index (κ2) is 10.8. The smallest absolute Gasteiger partial charge is 0.328 e. The van der Waals surface area contributed by atoms with Crippen LogP contribution >= 0.6 is 12.6 Å². The highest BCUT2D eigenvalue weighted by Gasteiger charge is 2.28. The van der Waals surface area contributed by atoms with Crippen LogP contribution in [-0.2, 0) is 19.2 Å². The van der Waals surface area contributed by atoms with Crippen molar-refractivity contribution < 1.29 is 34.5 Å². The molecule has 0 radical (unpaired) electrons. The van der Waals surface area contributed by atoms with Gasteiger partial charge in [-0.05, 0) is 6.92 Å². The molecule has 0 spiro atoms. The van der Waals surface area contributed by atoms with Crippen molar-refractivity contribution in [1.82, 2.24) is 16.0 Å². The number of hydrogen-bond acceptors (Lipinski definition) is 8. The summed E-state index contributed by atoms with van der Waals surface area (Å²) in [7, 11) is 0. The minimum absolute atomic E-state index is 0.145. The summed E-state index contributed by atoms with van der Waals surface area (Å²) in [6, 6.07) is -3.90. The Morgan fingerprint density at radius 2 is 1.75 bits per heavy atom. The lowest BCUT2D eigenvalue weighted by atomic mass is 10.1. The van der Waals surface area contributed by atoms with Gasteiger partial charge in [0.15, 0.2) is 6.04 Å². The van der Waals surface area contributed by atoms with E-state index in [-0.39, 0.29) is 5.75 Å². The van der Waals surface area contributed by atoms with E-state index in [1.165, 1.54) is 6.92 Å². The van der Waals surface area contributed by atoms with Gasteiger partial charge < -0.3 is 37.0 Å². The third kappa shape index (κ3) is 7.59. The monoisotopic (exact) mass is 366 g/mol. The average molecular weight is 366 g/mol. The molecule has 11 nitrogen and oxygen atoms in total. The summed E-state index contributed by atoms with van der Waals surface area (Å²) < 4.78 is 0. The highest BCUT2D eigenvalue weighted by molar-refractivity contribution is 7.80. The molecule has 8 N–H and O–H groups in total. The van der Waals surface area contributed by atoms with E-state index >= 15 is 0 Å². The number of aliphatic hydroxyl groups excluding tert-OH is 2. The number of carbonyl (C=O) groups excluding carboxylic acids is 3. The third-order valence-corrected chi connectivity index (χ3v) is 3.20. The Kier molecular flexibility index (Phi) is 9.95. The van der Waals surface area contributed by atoms with Crippen molar-refractivity contribution in [3.8, 4) is 0 Å². The summed E-state index contributed by atoms with van der Waals surface area (Å²) in [6.07, 6.45) is -1.35. The number of aliphatic hydroxyl groups is 2. The molecule has 0 saturated heterocycles. The Labute approximate surface area is 143 Å². The van der Waals surface area contributed by atoms with Crippen molar-refractivity contribution >= 4 is 36.3 Å². The van der Waals surface area contributed by atoms with Gasteiger partial charge in [-0.25, -0.2) is 4.79 Å². The van der Waals surface area contributed by atoms with Crippen molar-refractivity contribution in [1.29, 1.82) is 0 Å². The molecule has 0 aliphatic heterocycles. The SMILES string of the molecule is CC(O)C(NC(=O)C(CS)NC(=O)CNC(=O)C(N)CO)C(=O)O. The molecular weight excluding hydrogens is 344 g/mol. The average Bonchev–Trinajstić information content (AvgIpc) is 2.53. The van der Waals surface area contributed by atoms with Gasteiger partial charge in [0.05, 0.1) is 19.3 Å². The van der Waals surface area contributed by atoms with Gasteiger partial charge in [-0.1, -0.05) is 0 Å². The number of hydrogen-bond donors (Lipinski definition) is 8. The lowest BCUT2D eigenvalue weighted by Crippen LogP contribution is -2.56. The van der Waals surface area contributed by atoms with Crippen LogP contribution in [0.2, 0.25) is 0 Å². The molecule has 0 aromatic heterocycles. The number of rotatable bonds is 10. The van der Waals surface area contributed by atoms with Crippen LogP contribution in [0.1, 0.15) is 6.92 Å². The standard InChI is InChI=1S/C12H22N4O7S/c1-5(18)9(12(22)23)16-11(21)7(4-24)15-8(19)2-14-10(20)6(13)3-17/h5-7,9,17-18,24H,2-4,13H2,1H3,(H,14,20)(H,15,19)(H,16,21)(H,22,23). The van der Waals surface area contributed by atoms with Crippen LogP contribution in [0.25, 0.3) is 0 Å². The van der Waals surface area contributed by atoms with Gasteiger partial charge >= 0.3 is 5.97 Å². The molecule has 0 aromatic rings. The van der Waals surface area contributed by atoms with E-state index in [0.717, 1.165) is 0 Å². The maximum atomic E-state index is 11.9. The zero-order chi connectivity index (χ0) is 18.9. The van der Waals surface area contributed by atoms with E-state index in [4.69, 9.17) is 15.9 Å². The summed E-state index contributed by atoms with van der Waals surface area (Å²) in [5.74, 6) is -3.93. The fraction of sp³-hybridized carbons (Fsp3) is 0.667. The number of thiol groups is 1. The summed E-state index contributed by atoms with van der Waals surface area (Å²) in [4.78, 5) is 45.8. The van der Waals surface area contributed by atoms with Gasteiger partial charge in [-0.3, -0.25) is 14.4 Å². The number of nitrogens with two attached hydrogens (primary N) is 1. The van der Waals surface area contributed by atoms with E-state index in [0.29, 0.717) is 0 Å². The normalized spacial score (nSPS) is 15.5. The number of carboxylic acid groups (broad SMARTS) is 1. The predicted molar refractivity (Wildman–Crippen MR) is 85.1 cm³/mol. The number of carboxylic acids is 1. The third-order valence-electron chi connectivity index (χ3n) is 2.84. The van der Waals surface area contributed by atoms with E-state index in [1.807, 2.05) is 0 Å². The van der Waals surface area contributed by atoms with E-state index in [9.17, 15) is 24.3 Å². The molecule has 12 heteroatoms. The van der Waals surface area contributed by atoms with Crippen molar-refractivity contribution in [3.05, 3.63) is 0 Å². The zero-order valence-corrected chi connectivity index (χ0v) is 13.8. The van der Waals surface area contributed by atoms with Crippen molar-refractivity contribution in [2.75, 3.05) is 18.9 Å².